The number of hydrogen-bond acceptors (Lipinski definition) is 3. The number of amides is 3. The summed E-state index contributed by atoms with van der Waals surface area (Å²) in [5.41, 5.74) is -2.13. The monoisotopic (exact) mass is 324 g/mol. The van der Waals surface area contributed by atoms with E-state index in [-0.39, 0.29) is 17.9 Å². The van der Waals surface area contributed by atoms with Crippen molar-refractivity contribution in [2.24, 2.45) is 5.41 Å². The van der Waals surface area contributed by atoms with E-state index in [0.717, 1.165) is 17.0 Å². The minimum Gasteiger partial charge on any atom is -0.319 e. The van der Waals surface area contributed by atoms with Crippen LogP contribution in [0.3, 0.4) is 0 Å². The molecule has 0 spiro atoms. The highest BCUT2D eigenvalue weighted by Crippen LogP contribution is 2.30. The fraction of sp³-hybridized carbons (Fsp3) is 0.438. The van der Waals surface area contributed by atoms with Crippen molar-refractivity contribution in [2.45, 2.75) is 33.2 Å². The summed E-state index contributed by atoms with van der Waals surface area (Å²) < 4.78 is 26.5. The van der Waals surface area contributed by atoms with E-state index in [9.17, 15) is 23.2 Å². The largest absolute Gasteiger partial charge is 0.325 e. The third kappa shape index (κ3) is 2.95. The fourth-order valence-electron chi connectivity index (χ4n) is 2.22. The number of nitrogens with zero attached hydrogens (tertiary/aromatic N) is 1. The smallest absolute Gasteiger partial charge is 0.319 e. The average Bonchev–Trinajstić information content (AvgIpc) is 2.65. The molecular weight excluding hydrogens is 306 g/mol. The predicted octanol–water partition coefficient (Wildman–Crippen LogP) is 2.35. The Morgan fingerprint density at radius 2 is 1.83 bits per heavy atom. The summed E-state index contributed by atoms with van der Waals surface area (Å²) in [6.07, 6.45) is 0. The lowest BCUT2D eigenvalue weighted by molar-refractivity contribution is -0.136. The maximum atomic E-state index is 13.4. The zero-order chi connectivity index (χ0) is 17.6. The zero-order valence-corrected chi connectivity index (χ0v) is 13.4. The van der Waals surface area contributed by atoms with E-state index >= 15 is 0 Å². The van der Waals surface area contributed by atoms with Gasteiger partial charge in [0.15, 0.2) is 17.4 Å². The normalized spacial score (nSPS) is 21.6. The van der Waals surface area contributed by atoms with E-state index in [4.69, 9.17) is 0 Å². The summed E-state index contributed by atoms with van der Waals surface area (Å²) in [5, 5.41) is 2.45. The lowest BCUT2D eigenvalue weighted by Gasteiger charge is -2.23. The van der Waals surface area contributed by atoms with E-state index < -0.39 is 34.5 Å². The number of benzene rings is 1. The second-order valence-electron chi connectivity index (χ2n) is 6.75. The standard InChI is InChI=1S/C16H18F2N2O3/c1-15(2,3)12(21)8-20-13(22)16(4,19-14(20)23)9-5-6-10(17)11(18)7-9/h5-7H,8H2,1-4H3,(H,19,23)/t16-/m1/s1. The first-order valence-electron chi connectivity index (χ1n) is 7.10. The second-order valence-corrected chi connectivity index (χ2v) is 6.75. The number of carbonyl (C=O) groups is 3. The van der Waals surface area contributed by atoms with Gasteiger partial charge >= 0.3 is 6.03 Å². The van der Waals surface area contributed by atoms with Crippen LogP contribution in [0.5, 0.6) is 0 Å². The molecule has 0 radical (unpaired) electrons. The lowest BCUT2D eigenvalue weighted by atomic mass is 9.89. The molecule has 1 heterocycles. The molecule has 7 heteroatoms. The van der Waals surface area contributed by atoms with Crippen LogP contribution in [0, 0.1) is 17.0 Å². The molecule has 1 aromatic carbocycles. The summed E-state index contributed by atoms with van der Waals surface area (Å²) in [6.45, 7) is 6.07. The SMILES string of the molecule is CC(C)(C)C(=O)CN1C(=O)N[C@](C)(c2ccc(F)c(F)c2)C1=O. The van der Waals surface area contributed by atoms with Crippen LogP contribution in [0.25, 0.3) is 0 Å². The molecule has 1 aromatic rings. The first-order chi connectivity index (χ1) is 10.5. The van der Waals surface area contributed by atoms with Crippen LogP contribution in [-0.4, -0.2) is 29.2 Å². The Morgan fingerprint density at radius 3 is 2.35 bits per heavy atom. The summed E-state index contributed by atoms with van der Waals surface area (Å²) in [4.78, 5) is 37.5. The van der Waals surface area contributed by atoms with Crippen LogP contribution in [0.15, 0.2) is 18.2 Å². The van der Waals surface area contributed by atoms with Gasteiger partial charge in [-0.2, -0.15) is 0 Å². The molecule has 0 aliphatic carbocycles. The average molecular weight is 324 g/mol. The van der Waals surface area contributed by atoms with Gasteiger partial charge in [-0.15, -0.1) is 0 Å². The minimum atomic E-state index is -1.54. The molecule has 0 aromatic heterocycles. The Labute approximate surface area is 132 Å². The Hall–Kier alpha value is -2.31. The summed E-state index contributed by atoms with van der Waals surface area (Å²) >= 11 is 0. The molecule has 5 nitrogen and oxygen atoms in total. The molecule has 0 saturated carbocycles. The van der Waals surface area contributed by atoms with Crippen LogP contribution in [-0.2, 0) is 15.1 Å². The number of imide groups is 1. The molecule has 1 atom stereocenters. The number of Topliss-reactive ketones (excluding diaryl/α,β-unsaturated/α-hetero) is 1. The zero-order valence-electron chi connectivity index (χ0n) is 13.4. The summed E-state index contributed by atoms with van der Waals surface area (Å²) in [7, 11) is 0. The molecule has 1 N–H and O–H groups in total. The lowest BCUT2D eigenvalue weighted by Crippen LogP contribution is -2.42. The van der Waals surface area contributed by atoms with Crippen molar-refractivity contribution in [1.82, 2.24) is 10.2 Å². The summed E-state index contributed by atoms with van der Waals surface area (Å²) in [5.74, 6) is -3.12. The maximum Gasteiger partial charge on any atom is 0.325 e. The molecule has 124 valence electrons. The highest BCUT2D eigenvalue weighted by Gasteiger charge is 2.50. The van der Waals surface area contributed by atoms with Crippen LogP contribution in [0.1, 0.15) is 33.3 Å². The van der Waals surface area contributed by atoms with Gasteiger partial charge in [-0.1, -0.05) is 26.8 Å². The first kappa shape index (κ1) is 17.1. The van der Waals surface area contributed by atoms with Gasteiger partial charge in [0.25, 0.3) is 5.91 Å². The number of hydrogen-bond donors (Lipinski definition) is 1. The van der Waals surface area contributed by atoms with Gasteiger partial charge in [0, 0.05) is 5.41 Å². The van der Waals surface area contributed by atoms with Crippen molar-refractivity contribution in [3.63, 3.8) is 0 Å². The van der Waals surface area contributed by atoms with E-state index in [0.29, 0.717) is 0 Å². The molecule has 23 heavy (non-hydrogen) atoms. The third-order valence-corrected chi connectivity index (χ3v) is 3.91. The van der Waals surface area contributed by atoms with Crippen molar-refractivity contribution in [3.05, 3.63) is 35.4 Å². The topological polar surface area (TPSA) is 66.5 Å². The minimum absolute atomic E-state index is 0.112. The molecule has 2 rings (SSSR count). The number of rotatable bonds is 3. The van der Waals surface area contributed by atoms with Gasteiger partial charge in [-0.25, -0.2) is 13.6 Å². The molecule has 0 unspecified atom stereocenters. The van der Waals surface area contributed by atoms with Crippen molar-refractivity contribution in [3.8, 4) is 0 Å². The van der Waals surface area contributed by atoms with Crippen LogP contribution in [0.2, 0.25) is 0 Å². The fourth-order valence-corrected chi connectivity index (χ4v) is 2.22. The van der Waals surface area contributed by atoms with Crippen molar-refractivity contribution < 1.29 is 23.2 Å². The number of ketones is 1. The number of urea groups is 1. The highest BCUT2D eigenvalue weighted by molar-refractivity contribution is 6.09. The van der Waals surface area contributed by atoms with Gasteiger partial charge in [0.1, 0.15) is 5.54 Å². The van der Waals surface area contributed by atoms with Crippen LogP contribution < -0.4 is 5.32 Å². The maximum absolute atomic E-state index is 13.4. The molecule has 3 amide bonds. The molecule has 0 bridgehead atoms. The van der Waals surface area contributed by atoms with Crippen molar-refractivity contribution in [2.75, 3.05) is 6.54 Å². The van der Waals surface area contributed by atoms with Gasteiger partial charge in [-0.05, 0) is 24.6 Å². The van der Waals surface area contributed by atoms with E-state index in [1.807, 2.05) is 0 Å². The summed E-state index contributed by atoms with van der Waals surface area (Å²) in [6, 6.07) is 2.24. The van der Waals surface area contributed by atoms with Gasteiger partial charge in [0.2, 0.25) is 0 Å². The van der Waals surface area contributed by atoms with Crippen LogP contribution >= 0.6 is 0 Å². The Bertz CT molecular complexity index is 697. The number of nitrogens with one attached hydrogen (secondary N) is 1. The van der Waals surface area contributed by atoms with Gasteiger partial charge in [0.05, 0.1) is 6.54 Å². The van der Waals surface area contributed by atoms with Gasteiger partial charge < -0.3 is 5.32 Å². The molecular formula is C16H18F2N2O3. The Kier molecular flexibility index (Phi) is 4.00. The van der Waals surface area contributed by atoms with E-state index in [1.165, 1.54) is 13.0 Å². The van der Waals surface area contributed by atoms with Gasteiger partial charge in [-0.3, -0.25) is 14.5 Å². The molecule has 1 aliphatic heterocycles. The quantitative estimate of drug-likeness (QED) is 0.868. The molecule has 1 saturated heterocycles. The second kappa shape index (κ2) is 5.40. The molecule has 1 fully saturated rings. The van der Waals surface area contributed by atoms with Crippen molar-refractivity contribution in [1.29, 1.82) is 0 Å². The van der Waals surface area contributed by atoms with E-state index in [2.05, 4.69) is 5.32 Å². The Morgan fingerprint density at radius 1 is 1.22 bits per heavy atom. The third-order valence-electron chi connectivity index (χ3n) is 3.91. The van der Waals surface area contributed by atoms with Crippen LogP contribution in [0.4, 0.5) is 13.6 Å². The number of carbonyl (C=O) groups excluding carboxylic acids is 3. The Balaban J connectivity index is 2.33. The van der Waals surface area contributed by atoms with Crippen molar-refractivity contribution >= 4 is 17.7 Å². The highest BCUT2D eigenvalue weighted by atomic mass is 19.2. The predicted molar refractivity (Wildman–Crippen MR) is 78.4 cm³/mol. The molecule has 1 aliphatic rings. The first-order valence-corrected chi connectivity index (χ1v) is 7.10. The number of halogens is 2. The van der Waals surface area contributed by atoms with E-state index in [1.54, 1.807) is 20.8 Å².